The number of amides is 1. The van der Waals surface area contributed by atoms with Gasteiger partial charge in [0, 0.05) is 16.3 Å². The van der Waals surface area contributed by atoms with Gasteiger partial charge in [0.15, 0.2) is 0 Å². The maximum absolute atomic E-state index is 12.5. The minimum atomic E-state index is -4.03. The Hall–Kier alpha value is -3.02. The number of esters is 1. The zero-order valence-electron chi connectivity index (χ0n) is 14.7. The Bertz CT molecular complexity index is 1150. The monoisotopic (exact) mass is 452 g/mol. The second-order valence-electron chi connectivity index (χ2n) is 5.51. The fraction of sp³-hybridized carbons (Fsp3) is 0.0588. The van der Waals surface area contributed by atoms with Crippen LogP contribution in [0.1, 0.15) is 20.7 Å². The van der Waals surface area contributed by atoms with Crippen LogP contribution in [-0.2, 0) is 14.8 Å². The molecule has 2 aromatic carbocycles. The highest BCUT2D eigenvalue weighted by Crippen LogP contribution is 2.23. The van der Waals surface area contributed by atoms with Crippen LogP contribution >= 0.6 is 22.9 Å². The number of benzene rings is 2. The molecule has 1 amide bonds. The first-order valence-corrected chi connectivity index (χ1v) is 10.6. The van der Waals surface area contributed by atoms with Crippen molar-refractivity contribution < 1.29 is 22.7 Å². The molecule has 150 valence electrons. The minimum absolute atomic E-state index is 0.0198. The lowest BCUT2D eigenvalue weighted by Gasteiger charge is -2.05. The molecule has 12 heteroatoms. The van der Waals surface area contributed by atoms with Crippen molar-refractivity contribution in [1.29, 1.82) is 0 Å². The van der Waals surface area contributed by atoms with Crippen LogP contribution in [-0.4, -0.2) is 37.6 Å². The number of aromatic nitrogens is 2. The number of nitrogens with zero attached hydrogens (tertiary/aromatic N) is 2. The van der Waals surface area contributed by atoms with E-state index in [0.29, 0.717) is 21.9 Å². The first-order valence-electron chi connectivity index (χ1n) is 7.90. The Morgan fingerprint density at radius 3 is 2.24 bits per heavy atom. The zero-order valence-corrected chi connectivity index (χ0v) is 17.1. The van der Waals surface area contributed by atoms with Crippen LogP contribution in [0.2, 0.25) is 5.02 Å². The van der Waals surface area contributed by atoms with Gasteiger partial charge in [0.2, 0.25) is 5.13 Å². The van der Waals surface area contributed by atoms with E-state index in [2.05, 4.69) is 25.0 Å². The molecule has 0 bridgehead atoms. The highest BCUT2D eigenvalue weighted by atomic mass is 35.5. The topological polar surface area (TPSA) is 127 Å². The highest BCUT2D eigenvalue weighted by Gasteiger charge is 2.21. The first kappa shape index (κ1) is 20.7. The third-order valence-electron chi connectivity index (χ3n) is 3.52. The van der Waals surface area contributed by atoms with Gasteiger partial charge in [-0.2, -0.15) is 8.42 Å². The van der Waals surface area contributed by atoms with Gasteiger partial charge < -0.3 is 4.74 Å². The number of rotatable bonds is 6. The quantitative estimate of drug-likeness (QED) is 0.434. The van der Waals surface area contributed by atoms with E-state index in [0.717, 1.165) is 0 Å². The summed E-state index contributed by atoms with van der Waals surface area (Å²) in [6, 6.07) is 11.8. The molecule has 2 N–H and O–H groups in total. The van der Waals surface area contributed by atoms with Gasteiger partial charge in [-0.25, -0.2) is 4.79 Å². The fourth-order valence-electron chi connectivity index (χ4n) is 2.13. The minimum Gasteiger partial charge on any atom is -0.465 e. The van der Waals surface area contributed by atoms with Crippen molar-refractivity contribution in [2.45, 2.75) is 4.34 Å². The van der Waals surface area contributed by atoms with E-state index in [1.165, 1.54) is 43.5 Å². The van der Waals surface area contributed by atoms with Crippen LogP contribution in [0.15, 0.2) is 52.9 Å². The molecule has 9 nitrogen and oxygen atoms in total. The molecule has 0 radical (unpaired) electrons. The van der Waals surface area contributed by atoms with E-state index in [1.54, 1.807) is 12.1 Å². The summed E-state index contributed by atoms with van der Waals surface area (Å²) < 4.78 is 31.5. The number of anilines is 2. The zero-order chi connectivity index (χ0) is 21.0. The number of nitrogens with one attached hydrogen (secondary N) is 2. The molecule has 0 spiro atoms. The van der Waals surface area contributed by atoms with Crippen molar-refractivity contribution in [3.63, 3.8) is 0 Å². The molecular formula is C17H13ClN4O5S2. The van der Waals surface area contributed by atoms with E-state index in [9.17, 15) is 18.0 Å². The predicted octanol–water partition coefficient (Wildman–Crippen LogP) is 3.03. The largest absolute Gasteiger partial charge is 0.465 e. The van der Waals surface area contributed by atoms with Gasteiger partial charge in [-0.05, 0) is 48.5 Å². The van der Waals surface area contributed by atoms with Crippen molar-refractivity contribution >= 4 is 55.7 Å². The Morgan fingerprint density at radius 2 is 1.62 bits per heavy atom. The molecule has 0 saturated heterocycles. The number of hydrogen-bond donors (Lipinski definition) is 2. The maximum atomic E-state index is 12.5. The molecule has 0 aliphatic heterocycles. The normalized spacial score (nSPS) is 11.0. The molecule has 1 heterocycles. The summed E-state index contributed by atoms with van der Waals surface area (Å²) in [4.78, 5) is 23.6. The molecule has 1 aromatic heterocycles. The lowest BCUT2D eigenvalue weighted by Crippen LogP contribution is -2.13. The Balaban J connectivity index is 1.70. The van der Waals surface area contributed by atoms with Gasteiger partial charge in [-0.15, -0.1) is 10.2 Å². The van der Waals surface area contributed by atoms with Gasteiger partial charge in [0.05, 0.1) is 12.7 Å². The summed E-state index contributed by atoms with van der Waals surface area (Å²) in [5.74, 6) is -1.02. The van der Waals surface area contributed by atoms with Crippen molar-refractivity contribution in [2.24, 2.45) is 0 Å². The summed E-state index contributed by atoms with van der Waals surface area (Å²) in [6.45, 7) is 0. The predicted molar refractivity (Wildman–Crippen MR) is 108 cm³/mol. The van der Waals surface area contributed by atoms with E-state index < -0.39 is 21.9 Å². The standard InChI is InChI=1S/C17H13ClN4O5S2/c1-27-15(24)11-4-8-13(9-5-11)22-29(25,26)17-21-20-16(28-17)19-14(23)10-2-6-12(18)7-3-10/h2-9,22H,1H3,(H,19,20,23). The molecule has 0 aliphatic rings. The Morgan fingerprint density at radius 1 is 1.00 bits per heavy atom. The number of carbonyl (C=O) groups is 2. The Kier molecular flexibility index (Phi) is 6.11. The average molecular weight is 453 g/mol. The molecule has 29 heavy (non-hydrogen) atoms. The van der Waals surface area contributed by atoms with Crippen molar-refractivity contribution in [2.75, 3.05) is 17.1 Å². The van der Waals surface area contributed by atoms with Crippen LogP contribution in [0.4, 0.5) is 10.8 Å². The molecule has 0 aliphatic carbocycles. The SMILES string of the molecule is COC(=O)c1ccc(NS(=O)(=O)c2nnc(NC(=O)c3ccc(Cl)cc3)s2)cc1. The second-order valence-corrected chi connectivity index (χ2v) is 8.78. The second kappa shape index (κ2) is 8.55. The fourth-order valence-corrected chi connectivity index (χ4v) is 4.21. The van der Waals surface area contributed by atoms with E-state index in [-0.39, 0.29) is 20.7 Å². The maximum Gasteiger partial charge on any atom is 0.337 e. The van der Waals surface area contributed by atoms with Crippen molar-refractivity contribution in [3.05, 3.63) is 64.7 Å². The number of ether oxygens (including phenoxy) is 1. The Labute approximate surface area is 174 Å². The van der Waals surface area contributed by atoms with Crippen molar-refractivity contribution in [3.8, 4) is 0 Å². The average Bonchev–Trinajstić information content (AvgIpc) is 3.17. The third kappa shape index (κ3) is 5.08. The summed E-state index contributed by atoms with van der Waals surface area (Å²) in [6.07, 6.45) is 0. The van der Waals surface area contributed by atoms with Gasteiger partial charge in [-0.3, -0.25) is 14.8 Å². The number of halogens is 1. The van der Waals surface area contributed by atoms with Gasteiger partial charge >= 0.3 is 5.97 Å². The molecule has 0 unspecified atom stereocenters. The molecule has 3 rings (SSSR count). The molecule has 3 aromatic rings. The van der Waals surface area contributed by atoms with Crippen molar-refractivity contribution in [1.82, 2.24) is 10.2 Å². The van der Waals surface area contributed by atoms with Crippen LogP contribution in [0.25, 0.3) is 0 Å². The van der Waals surface area contributed by atoms with E-state index >= 15 is 0 Å². The smallest absolute Gasteiger partial charge is 0.337 e. The summed E-state index contributed by atoms with van der Waals surface area (Å²) in [5, 5.41) is 10.3. The summed E-state index contributed by atoms with van der Waals surface area (Å²) in [5.41, 5.74) is 0.830. The number of carbonyl (C=O) groups excluding carboxylic acids is 2. The van der Waals surface area contributed by atoms with Crippen LogP contribution in [0.3, 0.4) is 0 Å². The number of methoxy groups -OCH3 is 1. The molecular weight excluding hydrogens is 440 g/mol. The lowest BCUT2D eigenvalue weighted by atomic mass is 10.2. The summed E-state index contributed by atoms with van der Waals surface area (Å²) in [7, 11) is -2.78. The third-order valence-corrected chi connectivity index (χ3v) is 6.36. The lowest BCUT2D eigenvalue weighted by molar-refractivity contribution is 0.0600. The molecule has 0 atom stereocenters. The van der Waals surface area contributed by atoms with E-state index in [1.807, 2.05) is 0 Å². The number of hydrogen-bond acceptors (Lipinski definition) is 8. The van der Waals surface area contributed by atoms with Crippen LogP contribution in [0, 0.1) is 0 Å². The molecule has 0 fully saturated rings. The van der Waals surface area contributed by atoms with E-state index in [4.69, 9.17) is 11.6 Å². The van der Waals surface area contributed by atoms with Crippen LogP contribution < -0.4 is 10.0 Å². The number of sulfonamides is 1. The molecule has 0 saturated carbocycles. The van der Waals surface area contributed by atoms with Gasteiger partial charge in [-0.1, -0.05) is 22.9 Å². The highest BCUT2D eigenvalue weighted by molar-refractivity contribution is 7.94. The van der Waals surface area contributed by atoms with Crippen LogP contribution in [0.5, 0.6) is 0 Å². The first-order chi connectivity index (χ1) is 13.8. The summed E-state index contributed by atoms with van der Waals surface area (Å²) >= 11 is 6.47. The van der Waals surface area contributed by atoms with Gasteiger partial charge in [0.1, 0.15) is 0 Å². The van der Waals surface area contributed by atoms with Gasteiger partial charge in [0.25, 0.3) is 20.3 Å².